The van der Waals surface area contributed by atoms with Crippen LogP contribution in [-0.4, -0.2) is 14.5 Å². The first-order valence-corrected chi connectivity index (χ1v) is 14.9. The highest BCUT2D eigenvalue weighted by Crippen LogP contribution is 2.41. The Balaban J connectivity index is 1.27. The smallest absolute Gasteiger partial charge is 0.235 e. The maximum atomic E-state index is 5.24. The maximum Gasteiger partial charge on any atom is 0.235 e. The zero-order valence-corrected chi connectivity index (χ0v) is 23.3. The van der Waals surface area contributed by atoms with E-state index in [1.807, 2.05) is 23.6 Å². The zero-order chi connectivity index (χ0) is 27.6. The van der Waals surface area contributed by atoms with Gasteiger partial charge in [0.2, 0.25) is 5.95 Å². The lowest BCUT2D eigenvalue weighted by molar-refractivity contribution is 0.995. The summed E-state index contributed by atoms with van der Waals surface area (Å²) in [6.45, 7) is 0. The van der Waals surface area contributed by atoms with Gasteiger partial charge in [-0.05, 0) is 40.8 Å². The molecular weight excluding hydrogens is 531 g/mol. The first-order chi connectivity index (χ1) is 20.8. The maximum absolute atomic E-state index is 5.24. The van der Waals surface area contributed by atoms with Crippen molar-refractivity contribution in [3.05, 3.63) is 140 Å². The minimum absolute atomic E-state index is 0.680. The van der Waals surface area contributed by atoms with Gasteiger partial charge in [-0.3, -0.25) is 4.57 Å². The zero-order valence-electron chi connectivity index (χ0n) is 22.5. The van der Waals surface area contributed by atoms with Crippen molar-refractivity contribution in [1.29, 1.82) is 0 Å². The van der Waals surface area contributed by atoms with Gasteiger partial charge in [0.1, 0.15) is 0 Å². The van der Waals surface area contributed by atoms with Crippen LogP contribution >= 0.6 is 11.3 Å². The number of fused-ring (bicyclic) bond motifs is 8. The largest absolute Gasteiger partial charge is 0.277 e. The molecule has 0 saturated carbocycles. The van der Waals surface area contributed by atoms with Crippen molar-refractivity contribution in [2.75, 3.05) is 0 Å². The Kier molecular flexibility index (Phi) is 5.07. The van der Waals surface area contributed by atoms with Crippen LogP contribution in [0.2, 0.25) is 0 Å². The summed E-state index contributed by atoms with van der Waals surface area (Å²) in [6.07, 6.45) is 1.89. The summed E-state index contributed by atoms with van der Waals surface area (Å²) in [4.78, 5) is 10.1. The highest BCUT2D eigenvalue weighted by atomic mass is 32.1. The Morgan fingerprint density at radius 1 is 0.548 bits per heavy atom. The monoisotopic (exact) mass is 553 g/mol. The number of benzene rings is 6. The van der Waals surface area contributed by atoms with Crippen molar-refractivity contribution in [3.8, 4) is 28.3 Å². The second kappa shape index (κ2) is 9.10. The highest BCUT2D eigenvalue weighted by molar-refractivity contribution is 7.26. The molecule has 4 heteroatoms. The molecule has 0 N–H and O–H groups in total. The van der Waals surface area contributed by atoms with E-state index in [-0.39, 0.29) is 0 Å². The van der Waals surface area contributed by atoms with E-state index in [2.05, 4.69) is 132 Å². The van der Waals surface area contributed by atoms with Gasteiger partial charge in [-0.15, -0.1) is 11.3 Å². The fourth-order valence-electron chi connectivity index (χ4n) is 6.35. The molecule has 0 aliphatic rings. The van der Waals surface area contributed by atoms with Gasteiger partial charge in [-0.2, -0.15) is 0 Å². The Hall–Kier alpha value is -5.32. The predicted octanol–water partition coefficient (Wildman–Crippen LogP) is 10.4. The van der Waals surface area contributed by atoms with Crippen LogP contribution in [0, 0.1) is 0 Å². The van der Waals surface area contributed by atoms with E-state index in [1.165, 1.54) is 52.8 Å². The Labute approximate surface area is 246 Å². The number of hydrogen-bond donors (Lipinski definition) is 0. The predicted molar refractivity (Wildman–Crippen MR) is 178 cm³/mol. The quantitative estimate of drug-likeness (QED) is 0.218. The summed E-state index contributed by atoms with van der Waals surface area (Å²) in [5.41, 5.74) is 6.76. The molecule has 0 unspecified atom stereocenters. The second-order valence-electron chi connectivity index (χ2n) is 10.6. The molecule has 3 heterocycles. The van der Waals surface area contributed by atoms with E-state index in [4.69, 9.17) is 9.97 Å². The lowest BCUT2D eigenvalue weighted by atomic mass is 10.0. The van der Waals surface area contributed by atoms with Crippen LogP contribution in [0.25, 0.3) is 81.1 Å². The molecule has 0 saturated heterocycles. The van der Waals surface area contributed by atoms with Gasteiger partial charge in [-0.25, -0.2) is 9.97 Å². The van der Waals surface area contributed by atoms with E-state index in [0.29, 0.717) is 5.95 Å². The summed E-state index contributed by atoms with van der Waals surface area (Å²) in [5.74, 6) is 0.680. The number of thiophene rings is 1. The van der Waals surface area contributed by atoms with Crippen molar-refractivity contribution >= 4 is 64.1 Å². The molecule has 0 amide bonds. The minimum Gasteiger partial charge on any atom is -0.277 e. The third kappa shape index (κ3) is 3.46. The molecule has 42 heavy (non-hydrogen) atoms. The molecule has 3 aromatic heterocycles. The molecule has 0 aliphatic carbocycles. The molecule has 0 spiro atoms. The van der Waals surface area contributed by atoms with E-state index >= 15 is 0 Å². The standard InChI is InChI=1S/C38H23N3S/c1-2-9-24(10-3-1)26-18-20-35-32(23-26)30-14-8-15-31(37(30)42-35)33-21-22-39-38(40-33)41-34-16-7-6-13-28(34)29-19-17-25-11-4-5-12-27(25)36(29)41/h1-23H. The van der Waals surface area contributed by atoms with Gasteiger partial charge >= 0.3 is 0 Å². The molecule has 3 nitrogen and oxygen atoms in total. The van der Waals surface area contributed by atoms with Gasteiger partial charge in [0.25, 0.3) is 0 Å². The van der Waals surface area contributed by atoms with Gasteiger partial charge < -0.3 is 0 Å². The van der Waals surface area contributed by atoms with Gasteiger partial charge in [0, 0.05) is 48.1 Å². The van der Waals surface area contributed by atoms with Gasteiger partial charge in [0.15, 0.2) is 0 Å². The highest BCUT2D eigenvalue weighted by Gasteiger charge is 2.18. The van der Waals surface area contributed by atoms with Crippen LogP contribution in [0.15, 0.2) is 140 Å². The first kappa shape index (κ1) is 23.4. The summed E-state index contributed by atoms with van der Waals surface area (Å²) in [5, 5.41) is 7.35. The topological polar surface area (TPSA) is 30.7 Å². The molecule has 0 radical (unpaired) electrons. The van der Waals surface area contributed by atoms with Crippen LogP contribution in [-0.2, 0) is 0 Å². The Bertz CT molecular complexity index is 2470. The molecule has 0 fully saturated rings. The van der Waals surface area contributed by atoms with Crippen LogP contribution in [0.4, 0.5) is 0 Å². The fourth-order valence-corrected chi connectivity index (χ4v) is 7.56. The van der Waals surface area contributed by atoms with E-state index in [1.54, 1.807) is 0 Å². The third-order valence-electron chi connectivity index (χ3n) is 8.28. The lowest BCUT2D eigenvalue weighted by Crippen LogP contribution is -2.02. The lowest BCUT2D eigenvalue weighted by Gasteiger charge is -2.10. The van der Waals surface area contributed by atoms with Crippen LogP contribution in [0.5, 0.6) is 0 Å². The second-order valence-corrected chi connectivity index (χ2v) is 11.7. The summed E-state index contributed by atoms with van der Waals surface area (Å²) in [7, 11) is 0. The number of nitrogens with zero attached hydrogens (tertiary/aromatic N) is 3. The SMILES string of the molecule is c1ccc(-c2ccc3sc4c(-c5ccnc(-n6c7ccccc7c7ccc8ccccc8c76)n5)cccc4c3c2)cc1. The van der Waals surface area contributed by atoms with Crippen LogP contribution in [0.1, 0.15) is 0 Å². The third-order valence-corrected chi connectivity index (χ3v) is 9.50. The molecular formula is C38H23N3S. The molecule has 0 bridgehead atoms. The van der Waals surface area contributed by atoms with E-state index in [9.17, 15) is 0 Å². The average molecular weight is 554 g/mol. The fraction of sp³-hybridized carbons (Fsp3) is 0. The molecule has 0 aliphatic heterocycles. The molecule has 0 atom stereocenters. The summed E-state index contributed by atoms with van der Waals surface area (Å²) in [6, 6.07) is 47.5. The number of rotatable bonds is 3. The van der Waals surface area contributed by atoms with Crippen molar-refractivity contribution in [2.45, 2.75) is 0 Å². The van der Waals surface area contributed by atoms with Gasteiger partial charge in [0.05, 0.1) is 16.7 Å². The van der Waals surface area contributed by atoms with Crippen molar-refractivity contribution in [2.24, 2.45) is 0 Å². The first-order valence-electron chi connectivity index (χ1n) is 14.1. The van der Waals surface area contributed by atoms with E-state index < -0.39 is 0 Å². The normalized spacial score (nSPS) is 11.8. The number of hydrogen-bond acceptors (Lipinski definition) is 3. The Morgan fingerprint density at radius 3 is 2.29 bits per heavy atom. The van der Waals surface area contributed by atoms with Gasteiger partial charge in [-0.1, -0.05) is 109 Å². The summed E-state index contributed by atoms with van der Waals surface area (Å²) < 4.78 is 4.75. The molecule has 196 valence electrons. The summed E-state index contributed by atoms with van der Waals surface area (Å²) >= 11 is 1.83. The molecule has 9 rings (SSSR count). The minimum atomic E-state index is 0.680. The molecule has 9 aromatic rings. The number of aromatic nitrogens is 3. The van der Waals surface area contributed by atoms with Crippen LogP contribution in [0.3, 0.4) is 0 Å². The van der Waals surface area contributed by atoms with Crippen molar-refractivity contribution in [1.82, 2.24) is 14.5 Å². The Morgan fingerprint density at radius 2 is 1.36 bits per heavy atom. The van der Waals surface area contributed by atoms with E-state index in [0.717, 1.165) is 22.3 Å². The molecule has 6 aromatic carbocycles. The van der Waals surface area contributed by atoms with Crippen molar-refractivity contribution in [3.63, 3.8) is 0 Å². The van der Waals surface area contributed by atoms with Crippen LogP contribution < -0.4 is 0 Å². The number of para-hydroxylation sites is 1. The average Bonchev–Trinajstić information content (AvgIpc) is 3.61. The van der Waals surface area contributed by atoms with Crippen molar-refractivity contribution < 1.29 is 0 Å².